The van der Waals surface area contributed by atoms with Crippen molar-refractivity contribution in [1.82, 2.24) is 0 Å². The summed E-state index contributed by atoms with van der Waals surface area (Å²) in [4.78, 5) is 0. The third-order valence-electron chi connectivity index (χ3n) is 1.86. The van der Waals surface area contributed by atoms with Gasteiger partial charge in [0.25, 0.3) is 0 Å². The topological polar surface area (TPSA) is 0 Å². The van der Waals surface area contributed by atoms with Gasteiger partial charge in [-0.25, -0.2) is 0 Å². The number of hydrogen-bond donors (Lipinski definition) is 0. The van der Waals surface area contributed by atoms with E-state index in [9.17, 15) is 0 Å². The van der Waals surface area contributed by atoms with Crippen LogP contribution in [0.4, 0.5) is 0 Å². The number of hydrogen-bond acceptors (Lipinski definition) is 0. The Morgan fingerprint density at radius 1 is 0.909 bits per heavy atom. The maximum atomic E-state index is 2.29. The van der Waals surface area contributed by atoms with Gasteiger partial charge in [-0.2, -0.15) is 0 Å². The van der Waals surface area contributed by atoms with Gasteiger partial charge in [0.15, 0.2) is 0 Å². The monoisotopic (exact) mass is 178 g/mol. The van der Waals surface area contributed by atoms with Crippen molar-refractivity contribution >= 4 is 0 Å². The normalized spacial score (nSPS) is 20.4. The van der Waals surface area contributed by atoms with Gasteiger partial charge in [0.1, 0.15) is 0 Å². The summed E-state index contributed by atoms with van der Waals surface area (Å²) in [6, 6.07) is 0. The van der Waals surface area contributed by atoms with E-state index in [0.717, 1.165) is 0 Å². The molecule has 2 aliphatic carbocycles. The average Bonchev–Trinajstić information content (AvgIpc) is 2.60. The van der Waals surface area contributed by atoms with Crippen molar-refractivity contribution in [3.05, 3.63) is 44.2 Å². The van der Waals surface area contributed by atoms with Crippen LogP contribution in [0.3, 0.4) is 0 Å². The van der Waals surface area contributed by atoms with Gasteiger partial charge in [0.05, 0.1) is 0 Å². The van der Waals surface area contributed by atoms with E-state index < -0.39 is 0 Å². The molecule has 0 saturated carbocycles. The number of rotatable bonds is 2. The molecule has 2 aliphatic rings. The molecule has 0 bridgehead atoms. The van der Waals surface area contributed by atoms with Crippen LogP contribution in [0.1, 0.15) is 12.8 Å². The first kappa shape index (κ1) is 7.33. The second kappa shape index (κ2) is 3.38. The molecule has 2 rings (SSSR count). The van der Waals surface area contributed by atoms with Gasteiger partial charge < -0.3 is 0 Å². The predicted octanol–water partition coefficient (Wildman–Crippen LogP) is 2.76. The van der Waals surface area contributed by atoms with Gasteiger partial charge in [-0.1, -0.05) is 0 Å². The Hall–Kier alpha value is -0.326. The summed E-state index contributed by atoms with van der Waals surface area (Å²) < 4.78 is 3.36. The molecule has 11 heavy (non-hydrogen) atoms. The van der Waals surface area contributed by atoms with E-state index in [1.165, 1.54) is 12.8 Å². The maximum absolute atomic E-state index is 2.29. The molecule has 0 fully saturated rings. The van der Waals surface area contributed by atoms with Gasteiger partial charge in [-0.05, 0) is 0 Å². The minimum atomic E-state index is 0.0833. The van der Waals surface area contributed by atoms with E-state index in [4.69, 9.17) is 0 Å². The first-order valence-electron chi connectivity index (χ1n) is 3.93. The molecule has 0 aromatic heterocycles. The number of allylic oxidation sites excluding steroid dienone is 8. The molecule has 1 heteroatoms. The van der Waals surface area contributed by atoms with Crippen LogP contribution in [0.5, 0.6) is 0 Å². The first-order chi connectivity index (χ1) is 5.45. The van der Waals surface area contributed by atoms with Gasteiger partial charge >= 0.3 is 76.2 Å². The summed E-state index contributed by atoms with van der Waals surface area (Å²) in [5.41, 5.74) is 0. The quantitative estimate of drug-likeness (QED) is 0.570. The van der Waals surface area contributed by atoms with Crippen molar-refractivity contribution in [3.8, 4) is 0 Å². The zero-order valence-corrected chi connectivity index (χ0v) is 7.94. The van der Waals surface area contributed by atoms with E-state index in [1.54, 1.807) is 7.76 Å². The third kappa shape index (κ3) is 1.82. The average molecular weight is 178 g/mol. The molecule has 0 N–H and O–H groups in total. The molecule has 0 spiro atoms. The second-order valence-corrected chi connectivity index (χ2v) is 5.17. The summed E-state index contributed by atoms with van der Waals surface area (Å²) in [6.07, 6.45) is 15.9. The van der Waals surface area contributed by atoms with Gasteiger partial charge in [0.2, 0.25) is 0 Å². The van der Waals surface area contributed by atoms with Crippen LogP contribution in [0.25, 0.3) is 0 Å². The molecule has 0 aromatic rings. The Balaban J connectivity index is 1.91. The molecule has 0 aromatic carbocycles. The van der Waals surface area contributed by atoms with Crippen LogP contribution in [0.2, 0.25) is 0 Å². The van der Waals surface area contributed by atoms with Crippen LogP contribution in [-0.4, -0.2) is 0 Å². The molecule has 0 radical (unpaired) electrons. The fraction of sp³-hybridized carbons (Fsp3) is 0.200. The van der Waals surface area contributed by atoms with Crippen LogP contribution >= 0.6 is 0 Å². The third-order valence-corrected chi connectivity index (χ3v) is 4.02. The fourth-order valence-corrected chi connectivity index (χ4v) is 3.18. The zero-order valence-electron chi connectivity index (χ0n) is 6.38. The van der Waals surface area contributed by atoms with Crippen LogP contribution in [-0.2, 0) is 19.2 Å². The summed E-state index contributed by atoms with van der Waals surface area (Å²) in [6.45, 7) is 0. The van der Waals surface area contributed by atoms with Crippen molar-refractivity contribution < 1.29 is 19.2 Å². The molecule has 0 amide bonds. The molecule has 0 heterocycles. The molecule has 0 saturated heterocycles. The van der Waals surface area contributed by atoms with Crippen molar-refractivity contribution in [2.45, 2.75) is 12.8 Å². The molecule has 0 unspecified atom stereocenters. The fourth-order valence-electron chi connectivity index (χ4n) is 1.29. The SMILES string of the molecule is C1=CC[C]([Ti][C]2=CC=CC2)=C1. The summed E-state index contributed by atoms with van der Waals surface area (Å²) >= 11 is 0.0833. The van der Waals surface area contributed by atoms with Crippen LogP contribution in [0, 0.1) is 0 Å². The molecular formula is C10H10Ti. The Morgan fingerprint density at radius 3 is 1.82 bits per heavy atom. The van der Waals surface area contributed by atoms with Gasteiger partial charge in [-0.15, -0.1) is 0 Å². The van der Waals surface area contributed by atoms with Gasteiger partial charge in [0, 0.05) is 0 Å². The minimum absolute atomic E-state index is 0.0833. The Morgan fingerprint density at radius 2 is 1.45 bits per heavy atom. The predicted molar refractivity (Wildman–Crippen MR) is 43.7 cm³/mol. The van der Waals surface area contributed by atoms with Crippen LogP contribution < -0.4 is 0 Å². The molecule has 0 aliphatic heterocycles. The van der Waals surface area contributed by atoms with Crippen molar-refractivity contribution in [3.63, 3.8) is 0 Å². The van der Waals surface area contributed by atoms with E-state index >= 15 is 0 Å². The Bertz CT molecular complexity index is 239. The van der Waals surface area contributed by atoms with Crippen LogP contribution in [0.15, 0.2) is 44.2 Å². The molecule has 54 valence electrons. The standard InChI is InChI=1S/2C5H5.Ti/c2*1-2-4-5-3-1;/h2*1-3H,4H2;. The van der Waals surface area contributed by atoms with E-state index in [-0.39, 0.29) is 19.2 Å². The van der Waals surface area contributed by atoms with E-state index in [1.807, 2.05) is 0 Å². The first-order valence-corrected chi connectivity index (χ1v) is 5.50. The Labute approximate surface area is 76.3 Å². The van der Waals surface area contributed by atoms with E-state index in [0.29, 0.717) is 0 Å². The van der Waals surface area contributed by atoms with Crippen molar-refractivity contribution in [2.24, 2.45) is 0 Å². The zero-order chi connectivity index (χ0) is 7.52. The summed E-state index contributed by atoms with van der Waals surface area (Å²) in [5, 5.41) is 0. The molecule has 0 nitrogen and oxygen atoms in total. The van der Waals surface area contributed by atoms with Crippen molar-refractivity contribution in [2.75, 3.05) is 0 Å². The van der Waals surface area contributed by atoms with Gasteiger partial charge in [-0.3, -0.25) is 0 Å². The summed E-state index contributed by atoms with van der Waals surface area (Å²) in [7, 11) is 0. The Kier molecular flexibility index (Phi) is 2.25. The van der Waals surface area contributed by atoms with Crippen molar-refractivity contribution in [1.29, 1.82) is 0 Å². The molecule has 0 atom stereocenters. The summed E-state index contributed by atoms with van der Waals surface area (Å²) in [5.74, 6) is 0. The second-order valence-electron chi connectivity index (χ2n) is 2.77. The molecular weight excluding hydrogens is 168 g/mol. The van der Waals surface area contributed by atoms with E-state index in [2.05, 4.69) is 36.5 Å².